The number of hydrogen-bond donors (Lipinski definition) is 0. The molecule has 2 atom stereocenters. The first-order chi connectivity index (χ1) is 24.7. The lowest BCUT2D eigenvalue weighted by atomic mass is 9.89. The van der Waals surface area contributed by atoms with Gasteiger partial charge in [-0.3, -0.25) is 0 Å². The highest BCUT2D eigenvalue weighted by atomic mass is 32.1. The largest absolute Gasteiger partial charge is 0.485 e. The molecule has 4 nitrogen and oxygen atoms in total. The smallest absolute Gasteiger partial charge is 0.164 e. The Morgan fingerprint density at radius 3 is 2.10 bits per heavy atom. The summed E-state index contributed by atoms with van der Waals surface area (Å²) < 4.78 is 8.97. The van der Waals surface area contributed by atoms with E-state index < -0.39 is 0 Å². The molecule has 2 aromatic heterocycles. The second-order valence-electron chi connectivity index (χ2n) is 12.7. The first-order valence-corrected chi connectivity index (χ1v) is 17.7. The Hall–Kier alpha value is -6.17. The molecule has 0 bridgehead atoms. The lowest BCUT2D eigenvalue weighted by Crippen LogP contribution is -2.18. The molecule has 3 heterocycles. The van der Waals surface area contributed by atoms with Crippen LogP contribution in [0.15, 0.2) is 164 Å². The average molecular weight is 660 g/mol. The zero-order valence-electron chi connectivity index (χ0n) is 26.9. The lowest BCUT2D eigenvalue weighted by molar-refractivity contribution is 0.269. The van der Waals surface area contributed by atoms with Gasteiger partial charge in [0.15, 0.2) is 17.5 Å². The molecule has 10 rings (SSSR count). The number of aromatic nitrogens is 3. The van der Waals surface area contributed by atoms with Crippen molar-refractivity contribution in [2.24, 2.45) is 0 Å². The Morgan fingerprint density at radius 2 is 1.20 bits per heavy atom. The van der Waals surface area contributed by atoms with E-state index in [1.54, 1.807) is 0 Å². The first-order valence-electron chi connectivity index (χ1n) is 16.8. The molecular formula is C45H29N3OS. The van der Waals surface area contributed by atoms with Crippen molar-refractivity contribution in [3.63, 3.8) is 0 Å². The lowest BCUT2D eigenvalue weighted by Gasteiger charge is -2.18. The van der Waals surface area contributed by atoms with Crippen LogP contribution in [0.3, 0.4) is 0 Å². The highest BCUT2D eigenvalue weighted by molar-refractivity contribution is 7.26. The topological polar surface area (TPSA) is 47.9 Å². The molecule has 0 saturated heterocycles. The number of fused-ring (bicyclic) bond motifs is 6. The van der Waals surface area contributed by atoms with Crippen molar-refractivity contribution in [3.8, 4) is 50.8 Å². The van der Waals surface area contributed by atoms with Gasteiger partial charge in [0, 0.05) is 48.4 Å². The van der Waals surface area contributed by atoms with Gasteiger partial charge in [-0.15, -0.1) is 11.3 Å². The van der Waals surface area contributed by atoms with Gasteiger partial charge in [-0.1, -0.05) is 140 Å². The van der Waals surface area contributed by atoms with Gasteiger partial charge in [0.25, 0.3) is 0 Å². The number of allylic oxidation sites excluding steroid dienone is 2. The van der Waals surface area contributed by atoms with Gasteiger partial charge in [0.05, 0.1) is 0 Å². The summed E-state index contributed by atoms with van der Waals surface area (Å²) in [6.07, 6.45) is 6.39. The van der Waals surface area contributed by atoms with Crippen molar-refractivity contribution in [3.05, 3.63) is 175 Å². The Labute approximate surface area is 293 Å². The van der Waals surface area contributed by atoms with E-state index in [1.165, 1.54) is 36.9 Å². The molecule has 2 unspecified atom stereocenters. The Bertz CT molecular complexity index is 2640. The van der Waals surface area contributed by atoms with Crippen LogP contribution in [0.5, 0.6) is 5.75 Å². The van der Waals surface area contributed by atoms with Crippen molar-refractivity contribution in [2.45, 2.75) is 12.0 Å². The van der Waals surface area contributed by atoms with Gasteiger partial charge in [-0.05, 0) is 46.5 Å². The molecule has 0 saturated carbocycles. The van der Waals surface area contributed by atoms with Crippen LogP contribution in [0.4, 0.5) is 0 Å². The van der Waals surface area contributed by atoms with E-state index in [2.05, 4.69) is 121 Å². The van der Waals surface area contributed by atoms with Gasteiger partial charge in [0.2, 0.25) is 0 Å². The van der Waals surface area contributed by atoms with Crippen LogP contribution in [-0.4, -0.2) is 21.1 Å². The number of rotatable bonds is 5. The monoisotopic (exact) mass is 659 g/mol. The molecule has 236 valence electrons. The maximum absolute atomic E-state index is 6.33. The van der Waals surface area contributed by atoms with Crippen LogP contribution >= 0.6 is 11.3 Å². The zero-order chi connectivity index (χ0) is 33.0. The van der Waals surface area contributed by atoms with E-state index >= 15 is 0 Å². The predicted octanol–water partition coefficient (Wildman–Crippen LogP) is 11.4. The molecule has 0 amide bonds. The van der Waals surface area contributed by atoms with Crippen molar-refractivity contribution in [1.82, 2.24) is 15.0 Å². The summed E-state index contributed by atoms with van der Waals surface area (Å²) >= 11 is 1.86. The van der Waals surface area contributed by atoms with E-state index in [9.17, 15) is 0 Å². The van der Waals surface area contributed by atoms with Crippen LogP contribution in [0.1, 0.15) is 17.3 Å². The summed E-state index contributed by atoms with van der Waals surface area (Å²) in [6.45, 7) is 0. The van der Waals surface area contributed by atoms with Gasteiger partial charge >= 0.3 is 0 Å². The highest BCUT2D eigenvalue weighted by Crippen LogP contribution is 2.43. The predicted molar refractivity (Wildman–Crippen MR) is 205 cm³/mol. The van der Waals surface area contributed by atoms with Crippen LogP contribution in [0, 0.1) is 0 Å². The van der Waals surface area contributed by atoms with E-state index in [4.69, 9.17) is 19.7 Å². The van der Waals surface area contributed by atoms with Crippen molar-refractivity contribution >= 4 is 37.1 Å². The standard InChI is InChI=1S/C45H29N3OS/c1-2-10-30(11-3-1)43-46-44(48-45(47-43)33-24-25-36-35-14-4-6-18-39(35)49-40(36)27-33)32-13-8-12-31(26-32)28-20-22-29(23-21-28)34-16-9-17-38-37-15-5-7-19-41(37)50-42(34)38/h1-27,36,40H. The summed E-state index contributed by atoms with van der Waals surface area (Å²) in [5, 5.41) is 2.63. The number of ether oxygens (including phenoxy) is 1. The fraction of sp³-hybridized carbons (Fsp3) is 0.0444. The molecular weight excluding hydrogens is 631 g/mol. The van der Waals surface area contributed by atoms with Crippen LogP contribution < -0.4 is 4.74 Å². The third kappa shape index (κ3) is 4.94. The minimum atomic E-state index is -0.0926. The molecule has 50 heavy (non-hydrogen) atoms. The second-order valence-corrected chi connectivity index (χ2v) is 13.8. The van der Waals surface area contributed by atoms with E-state index in [-0.39, 0.29) is 12.0 Å². The molecule has 5 heteroatoms. The normalized spacial score (nSPS) is 16.2. The fourth-order valence-electron chi connectivity index (χ4n) is 7.20. The molecule has 0 fully saturated rings. The fourth-order valence-corrected chi connectivity index (χ4v) is 8.44. The van der Waals surface area contributed by atoms with Crippen LogP contribution in [0.2, 0.25) is 0 Å². The Kier molecular flexibility index (Phi) is 6.78. The Balaban J connectivity index is 1.01. The minimum absolute atomic E-state index is 0.0926. The van der Waals surface area contributed by atoms with E-state index in [0.29, 0.717) is 17.5 Å². The summed E-state index contributed by atoms with van der Waals surface area (Å²) in [4.78, 5) is 15.0. The zero-order valence-corrected chi connectivity index (χ0v) is 27.7. The number of benzene rings is 6. The molecule has 8 aromatic rings. The van der Waals surface area contributed by atoms with E-state index in [0.717, 1.165) is 33.6 Å². The molecule has 1 aliphatic heterocycles. The third-order valence-electron chi connectivity index (χ3n) is 9.70. The number of para-hydroxylation sites is 1. The third-order valence-corrected chi connectivity index (χ3v) is 10.9. The average Bonchev–Trinajstić information content (AvgIpc) is 3.76. The molecule has 6 aromatic carbocycles. The van der Waals surface area contributed by atoms with Gasteiger partial charge in [-0.2, -0.15) is 0 Å². The maximum Gasteiger partial charge on any atom is 0.164 e. The molecule has 0 spiro atoms. The molecule has 2 aliphatic rings. The van der Waals surface area contributed by atoms with Gasteiger partial charge in [-0.25, -0.2) is 15.0 Å². The number of hydrogen-bond acceptors (Lipinski definition) is 5. The number of thiophene rings is 1. The summed E-state index contributed by atoms with van der Waals surface area (Å²) in [7, 11) is 0. The summed E-state index contributed by atoms with van der Waals surface area (Å²) in [6, 6.07) is 51.0. The molecule has 0 N–H and O–H groups in total. The van der Waals surface area contributed by atoms with Crippen LogP contribution in [-0.2, 0) is 0 Å². The SMILES string of the molecule is C1=CC2c3ccccc3OC2C=C1c1nc(-c2ccccc2)nc(-c2cccc(-c3ccc(-c4cccc5c4sc4ccccc45)cc3)c2)n1. The minimum Gasteiger partial charge on any atom is -0.485 e. The van der Waals surface area contributed by atoms with Crippen LogP contribution in [0.25, 0.3) is 70.8 Å². The van der Waals surface area contributed by atoms with Crippen molar-refractivity contribution in [1.29, 1.82) is 0 Å². The molecule has 0 radical (unpaired) electrons. The van der Waals surface area contributed by atoms with Gasteiger partial charge in [0.1, 0.15) is 11.9 Å². The van der Waals surface area contributed by atoms with Crippen molar-refractivity contribution < 1.29 is 4.74 Å². The van der Waals surface area contributed by atoms with E-state index in [1.807, 2.05) is 53.8 Å². The quantitative estimate of drug-likeness (QED) is 0.184. The Morgan fingerprint density at radius 1 is 0.520 bits per heavy atom. The summed E-state index contributed by atoms with van der Waals surface area (Å²) in [5.41, 5.74) is 8.74. The first kappa shape index (κ1) is 28.8. The second kappa shape index (κ2) is 11.8. The number of nitrogens with zero attached hydrogens (tertiary/aromatic N) is 3. The summed E-state index contributed by atoms with van der Waals surface area (Å²) in [5.74, 6) is 3.03. The highest BCUT2D eigenvalue weighted by Gasteiger charge is 2.33. The van der Waals surface area contributed by atoms with Gasteiger partial charge < -0.3 is 4.74 Å². The molecule has 1 aliphatic carbocycles. The maximum atomic E-state index is 6.33. The van der Waals surface area contributed by atoms with Crippen molar-refractivity contribution in [2.75, 3.05) is 0 Å².